The van der Waals surface area contributed by atoms with E-state index >= 15 is 0 Å². The van der Waals surface area contributed by atoms with Crippen molar-refractivity contribution in [1.82, 2.24) is 20.2 Å². The Hall–Kier alpha value is -2.18. The molecule has 1 atom stereocenters. The predicted octanol–water partition coefficient (Wildman–Crippen LogP) is 4.77. The van der Waals surface area contributed by atoms with E-state index in [1.807, 2.05) is 30.5 Å². The molecule has 3 rings (SSSR count). The molecule has 6 nitrogen and oxygen atoms in total. The number of aromatic nitrogens is 2. The van der Waals surface area contributed by atoms with Crippen molar-refractivity contribution in [3.8, 4) is 11.3 Å². The number of likely N-dealkylation sites (tertiary alicyclic amines) is 1. The van der Waals surface area contributed by atoms with Gasteiger partial charge in [-0.15, -0.1) is 0 Å². The number of hydrogen-bond acceptors (Lipinski definition) is 4. The minimum Gasteiger partial charge on any atom is -0.346 e. The molecule has 0 saturated carbocycles. The molecular weight excluding hydrogens is 412 g/mol. The zero-order valence-corrected chi connectivity index (χ0v) is 19.3. The highest BCUT2D eigenvalue weighted by Gasteiger charge is 2.26. The van der Waals surface area contributed by atoms with Crippen molar-refractivity contribution in [2.24, 2.45) is 5.92 Å². The Bertz CT molecular complexity index is 857. The maximum Gasteiger partial charge on any atom is 0.223 e. The van der Waals surface area contributed by atoms with E-state index in [1.165, 1.54) is 0 Å². The number of hydrogen-bond donors (Lipinski definition) is 2. The number of halogens is 1. The number of aromatic amines is 1. The lowest BCUT2D eigenvalue weighted by Crippen LogP contribution is -2.40. The molecule has 0 radical (unpaired) electrons. The fourth-order valence-electron chi connectivity index (χ4n) is 4.03. The van der Waals surface area contributed by atoms with Crippen molar-refractivity contribution >= 4 is 23.3 Å². The third kappa shape index (κ3) is 7.18. The monoisotopic (exact) mass is 444 g/mol. The van der Waals surface area contributed by atoms with Crippen LogP contribution >= 0.6 is 11.6 Å². The van der Waals surface area contributed by atoms with E-state index in [2.05, 4.69) is 27.2 Å². The summed E-state index contributed by atoms with van der Waals surface area (Å²) in [6, 6.07) is 7.45. The van der Waals surface area contributed by atoms with Gasteiger partial charge in [0, 0.05) is 17.4 Å². The zero-order chi connectivity index (χ0) is 22.2. The fraction of sp³-hybridized carbons (Fsp3) is 0.542. The standard InChI is InChI=1S/C24H33ClN4O2/c1-17(30)6-4-3-5-7-21(28-24(31)19-12-14-29(2)15-13-19)23-26-16-22(27-23)18-8-10-20(25)11-9-18/h8-11,16,19,21H,3-7,12-15H2,1-2H3,(H,26,27)(H,28,31)/t21-/m0/s1. The van der Waals surface area contributed by atoms with Crippen molar-refractivity contribution in [2.45, 2.75) is 57.9 Å². The summed E-state index contributed by atoms with van der Waals surface area (Å²) in [5.41, 5.74) is 1.91. The molecule has 1 aromatic carbocycles. The van der Waals surface area contributed by atoms with Crippen molar-refractivity contribution in [2.75, 3.05) is 20.1 Å². The van der Waals surface area contributed by atoms with Crippen LogP contribution in [-0.2, 0) is 9.59 Å². The summed E-state index contributed by atoms with van der Waals surface area (Å²) in [7, 11) is 2.10. The summed E-state index contributed by atoms with van der Waals surface area (Å²) in [5, 5.41) is 3.94. The molecule has 1 aliphatic rings. The summed E-state index contributed by atoms with van der Waals surface area (Å²) >= 11 is 6.00. The number of nitrogens with one attached hydrogen (secondary N) is 2. The number of rotatable bonds is 10. The number of ketones is 1. The Kier molecular flexibility index (Phi) is 8.67. The van der Waals surface area contributed by atoms with Gasteiger partial charge in [-0.05, 0) is 70.4 Å². The van der Waals surface area contributed by atoms with E-state index in [0.717, 1.165) is 68.7 Å². The third-order valence-corrected chi connectivity index (χ3v) is 6.26. The molecule has 2 N–H and O–H groups in total. The van der Waals surface area contributed by atoms with E-state index < -0.39 is 0 Å². The van der Waals surface area contributed by atoms with Gasteiger partial charge < -0.3 is 20.0 Å². The number of unbranched alkanes of at least 4 members (excludes halogenated alkanes) is 2. The van der Waals surface area contributed by atoms with Gasteiger partial charge in [0.1, 0.15) is 11.6 Å². The van der Waals surface area contributed by atoms with Gasteiger partial charge in [0.25, 0.3) is 0 Å². The number of carbonyl (C=O) groups excluding carboxylic acids is 2. The Labute approximate surface area is 189 Å². The summed E-state index contributed by atoms with van der Waals surface area (Å²) in [4.78, 5) is 34.4. The van der Waals surface area contributed by atoms with Crippen LogP contribution in [0.3, 0.4) is 0 Å². The molecule has 0 unspecified atom stereocenters. The first-order chi connectivity index (χ1) is 14.9. The molecule has 0 bridgehead atoms. The second-order valence-corrected chi connectivity index (χ2v) is 9.07. The highest BCUT2D eigenvalue weighted by Crippen LogP contribution is 2.25. The average Bonchev–Trinajstić information content (AvgIpc) is 3.23. The molecule has 31 heavy (non-hydrogen) atoms. The molecule has 1 aromatic heterocycles. The number of amides is 1. The van der Waals surface area contributed by atoms with Crippen molar-refractivity contribution < 1.29 is 9.59 Å². The van der Waals surface area contributed by atoms with Crippen LogP contribution in [0.5, 0.6) is 0 Å². The van der Waals surface area contributed by atoms with Crippen LogP contribution in [-0.4, -0.2) is 46.7 Å². The fourth-order valence-corrected chi connectivity index (χ4v) is 4.15. The lowest BCUT2D eigenvalue weighted by molar-refractivity contribution is -0.127. The predicted molar refractivity (Wildman–Crippen MR) is 124 cm³/mol. The Morgan fingerprint density at radius 3 is 2.58 bits per heavy atom. The first-order valence-electron chi connectivity index (χ1n) is 11.2. The topological polar surface area (TPSA) is 78.1 Å². The van der Waals surface area contributed by atoms with Crippen LogP contribution in [0.25, 0.3) is 11.3 Å². The van der Waals surface area contributed by atoms with Gasteiger partial charge in [0.2, 0.25) is 5.91 Å². The van der Waals surface area contributed by atoms with Crippen molar-refractivity contribution in [3.05, 3.63) is 41.3 Å². The third-order valence-electron chi connectivity index (χ3n) is 6.01. The summed E-state index contributed by atoms with van der Waals surface area (Å²) < 4.78 is 0. The number of Topliss-reactive ketones (excluding diaryl/α,β-unsaturated/α-hetero) is 1. The molecule has 0 spiro atoms. The van der Waals surface area contributed by atoms with E-state index in [4.69, 9.17) is 11.6 Å². The first kappa shape index (κ1) is 23.5. The maximum atomic E-state index is 13.0. The Balaban J connectivity index is 1.66. The van der Waals surface area contributed by atoms with Crippen LogP contribution in [0.4, 0.5) is 0 Å². The van der Waals surface area contributed by atoms with E-state index in [0.29, 0.717) is 11.4 Å². The zero-order valence-electron chi connectivity index (χ0n) is 18.5. The van der Waals surface area contributed by atoms with Gasteiger partial charge in [-0.3, -0.25) is 4.79 Å². The normalized spacial score (nSPS) is 16.2. The Morgan fingerprint density at radius 2 is 1.90 bits per heavy atom. The van der Waals surface area contributed by atoms with Gasteiger partial charge in [-0.1, -0.05) is 36.6 Å². The molecule has 1 fully saturated rings. The molecule has 1 saturated heterocycles. The summed E-state index contributed by atoms with van der Waals surface area (Å²) in [5.74, 6) is 1.18. The quantitative estimate of drug-likeness (QED) is 0.517. The molecule has 1 amide bonds. The number of benzene rings is 1. The van der Waals surface area contributed by atoms with Crippen LogP contribution < -0.4 is 5.32 Å². The van der Waals surface area contributed by atoms with Gasteiger partial charge in [-0.25, -0.2) is 4.98 Å². The van der Waals surface area contributed by atoms with Gasteiger partial charge in [-0.2, -0.15) is 0 Å². The minimum absolute atomic E-state index is 0.0575. The second kappa shape index (κ2) is 11.4. The largest absolute Gasteiger partial charge is 0.346 e. The number of carbonyl (C=O) groups is 2. The van der Waals surface area contributed by atoms with Gasteiger partial charge in [0.05, 0.1) is 17.9 Å². The second-order valence-electron chi connectivity index (χ2n) is 8.63. The SMILES string of the molecule is CC(=O)CCCCC[C@H](NC(=O)C1CCN(C)CC1)c1ncc(-c2ccc(Cl)cc2)[nH]1. The van der Waals surface area contributed by atoms with E-state index in [-0.39, 0.29) is 23.7 Å². The van der Waals surface area contributed by atoms with Crippen molar-refractivity contribution in [3.63, 3.8) is 0 Å². The highest BCUT2D eigenvalue weighted by molar-refractivity contribution is 6.30. The van der Waals surface area contributed by atoms with Gasteiger partial charge >= 0.3 is 0 Å². The van der Waals surface area contributed by atoms with E-state index in [9.17, 15) is 9.59 Å². The molecule has 1 aliphatic heterocycles. The average molecular weight is 445 g/mol. The highest BCUT2D eigenvalue weighted by atomic mass is 35.5. The minimum atomic E-state index is -0.162. The molecule has 2 heterocycles. The first-order valence-corrected chi connectivity index (χ1v) is 11.6. The van der Waals surface area contributed by atoms with Crippen molar-refractivity contribution in [1.29, 1.82) is 0 Å². The lowest BCUT2D eigenvalue weighted by atomic mass is 9.95. The number of piperidine rings is 1. The lowest BCUT2D eigenvalue weighted by Gasteiger charge is -2.29. The molecule has 2 aromatic rings. The molecule has 0 aliphatic carbocycles. The molecule has 7 heteroatoms. The van der Waals surface area contributed by atoms with Crippen LogP contribution in [0.15, 0.2) is 30.5 Å². The molecular formula is C24H33ClN4O2. The molecule has 168 valence electrons. The van der Waals surface area contributed by atoms with Gasteiger partial charge in [0.15, 0.2) is 0 Å². The number of imidazole rings is 1. The summed E-state index contributed by atoms with van der Waals surface area (Å²) in [6.07, 6.45) is 7.79. The number of nitrogens with zero attached hydrogens (tertiary/aromatic N) is 2. The van der Waals surface area contributed by atoms with Crippen LogP contribution in [0, 0.1) is 5.92 Å². The van der Waals surface area contributed by atoms with E-state index in [1.54, 1.807) is 6.92 Å². The van der Waals surface area contributed by atoms with Crippen LogP contribution in [0.1, 0.15) is 63.7 Å². The van der Waals surface area contributed by atoms with Crippen LogP contribution in [0.2, 0.25) is 5.02 Å². The number of H-pyrrole nitrogens is 1. The maximum absolute atomic E-state index is 13.0. The smallest absolute Gasteiger partial charge is 0.223 e. The Morgan fingerprint density at radius 1 is 1.19 bits per heavy atom. The summed E-state index contributed by atoms with van der Waals surface area (Å²) in [6.45, 7) is 3.54.